The van der Waals surface area contributed by atoms with Crippen molar-refractivity contribution in [3.05, 3.63) is 39.6 Å². The monoisotopic (exact) mass is 331 g/mol. The lowest BCUT2D eigenvalue weighted by Crippen LogP contribution is -3.15. The number of hydrogen-bond acceptors (Lipinski definition) is 3. The van der Waals surface area contributed by atoms with E-state index in [9.17, 15) is 8.42 Å². The number of sulfonamides is 1. The van der Waals surface area contributed by atoms with Gasteiger partial charge in [-0.25, -0.2) is 8.42 Å². The number of rotatable bonds is 6. The summed E-state index contributed by atoms with van der Waals surface area (Å²) in [6.07, 6.45) is 0. The lowest BCUT2D eigenvalue weighted by atomic mass is 10.2. The Balaban J connectivity index is 1.78. The van der Waals surface area contributed by atoms with E-state index in [1.54, 1.807) is 24.3 Å². The van der Waals surface area contributed by atoms with Gasteiger partial charge in [0.2, 0.25) is 0 Å². The van der Waals surface area contributed by atoms with Gasteiger partial charge in [0.1, 0.15) is 0 Å². The van der Waals surface area contributed by atoms with Crippen molar-refractivity contribution >= 4 is 21.6 Å². The molecule has 0 saturated carbocycles. The van der Waals surface area contributed by atoms with Crippen LogP contribution in [0.3, 0.4) is 0 Å². The summed E-state index contributed by atoms with van der Waals surface area (Å²) in [4.78, 5) is 3.71. The van der Waals surface area contributed by atoms with Crippen LogP contribution in [0.4, 0.5) is 0 Å². The molecule has 7 heteroatoms. The fourth-order valence-corrected chi connectivity index (χ4v) is 3.77. The molecule has 1 N–H and O–H groups in total. The van der Waals surface area contributed by atoms with Gasteiger partial charge in [0.25, 0.3) is 0 Å². The zero-order chi connectivity index (χ0) is 15.3. The van der Waals surface area contributed by atoms with E-state index < -0.39 is 10.0 Å². The quantitative estimate of drug-likeness (QED) is 0.819. The minimum atomic E-state index is -3.45. The van der Waals surface area contributed by atoms with Crippen LogP contribution in [0.2, 0.25) is 5.02 Å². The molecule has 0 aromatic heterocycles. The van der Waals surface area contributed by atoms with Crippen molar-refractivity contribution in [2.24, 2.45) is 0 Å². The Labute approximate surface area is 131 Å². The predicted octanol–water partition coefficient (Wildman–Crippen LogP) is 0.374. The standard InChI is InChI=1S/C14H21ClN3O2S/c1-17-8-10-18(11-9-17)7-6-16-21(19,20)12-13-4-2-3-5-14(13)15/h2-5H,6-12H2,1H3/q-1/p+1. The second-order valence-electron chi connectivity index (χ2n) is 5.47. The van der Waals surface area contributed by atoms with E-state index in [4.69, 9.17) is 11.6 Å². The van der Waals surface area contributed by atoms with Gasteiger partial charge < -0.3 is 9.62 Å². The Bertz CT molecular complexity index is 557. The first-order valence-electron chi connectivity index (χ1n) is 7.13. The second kappa shape index (κ2) is 7.56. The van der Waals surface area contributed by atoms with E-state index in [1.807, 2.05) is 0 Å². The van der Waals surface area contributed by atoms with Crippen molar-refractivity contribution < 1.29 is 13.3 Å². The van der Waals surface area contributed by atoms with Crippen molar-refractivity contribution in [2.45, 2.75) is 5.75 Å². The highest BCUT2D eigenvalue weighted by Gasteiger charge is 2.15. The van der Waals surface area contributed by atoms with Crippen molar-refractivity contribution in [2.75, 3.05) is 46.3 Å². The summed E-state index contributed by atoms with van der Waals surface area (Å²) < 4.78 is 27.9. The van der Waals surface area contributed by atoms with Gasteiger partial charge in [-0.3, -0.25) is 4.90 Å². The number of nitrogens with one attached hydrogen (secondary N) is 1. The fraction of sp³-hybridized carbons (Fsp3) is 0.571. The summed E-state index contributed by atoms with van der Waals surface area (Å²) in [5.41, 5.74) is 0.606. The normalized spacial score (nSPS) is 18.0. The molecule has 0 radical (unpaired) electrons. The maximum atomic E-state index is 12.0. The van der Waals surface area contributed by atoms with Crippen LogP contribution < -0.4 is 4.90 Å². The largest absolute Gasteiger partial charge is 0.544 e. The molecule has 21 heavy (non-hydrogen) atoms. The molecule has 2 rings (SSSR count). The van der Waals surface area contributed by atoms with Crippen molar-refractivity contribution in [1.29, 1.82) is 0 Å². The lowest BCUT2D eigenvalue weighted by Gasteiger charge is -2.31. The number of benzene rings is 1. The summed E-state index contributed by atoms with van der Waals surface area (Å²) in [7, 11) is -1.35. The van der Waals surface area contributed by atoms with Gasteiger partial charge in [0, 0.05) is 18.1 Å². The molecule has 1 saturated heterocycles. The van der Waals surface area contributed by atoms with Gasteiger partial charge in [-0.15, -0.1) is 0 Å². The molecule has 1 aromatic carbocycles. The summed E-state index contributed by atoms with van der Waals surface area (Å²) in [6, 6.07) is 6.99. The zero-order valence-electron chi connectivity index (χ0n) is 12.3. The number of hydrogen-bond donors (Lipinski definition) is 1. The number of likely N-dealkylation sites (N-methyl/N-ethyl adjacent to an activating group) is 1. The molecule has 0 bridgehead atoms. The molecule has 0 atom stereocenters. The van der Waals surface area contributed by atoms with E-state index >= 15 is 0 Å². The van der Waals surface area contributed by atoms with Gasteiger partial charge in [0.05, 0.1) is 35.4 Å². The third-order valence-corrected chi connectivity index (χ3v) is 5.36. The summed E-state index contributed by atoms with van der Waals surface area (Å²) in [5.74, 6) is -0.120. The molecule has 1 aromatic rings. The summed E-state index contributed by atoms with van der Waals surface area (Å²) in [5, 5.41) is 0.473. The van der Waals surface area contributed by atoms with Gasteiger partial charge in [-0.2, -0.15) is 0 Å². The van der Waals surface area contributed by atoms with E-state index in [1.165, 1.54) is 4.90 Å². The molecule has 0 amide bonds. The van der Waals surface area contributed by atoms with Crippen LogP contribution in [-0.4, -0.2) is 59.6 Å². The molecule has 118 valence electrons. The maximum absolute atomic E-state index is 12.0. The predicted molar refractivity (Wildman–Crippen MR) is 85.4 cm³/mol. The molecular formula is C14H22ClN3O2S. The van der Waals surface area contributed by atoms with Crippen LogP contribution in [0.25, 0.3) is 4.72 Å². The van der Waals surface area contributed by atoms with Crippen molar-refractivity contribution in [3.63, 3.8) is 0 Å². The summed E-state index contributed by atoms with van der Waals surface area (Å²) >= 11 is 5.98. The van der Waals surface area contributed by atoms with Crippen molar-refractivity contribution in [3.8, 4) is 0 Å². The van der Waals surface area contributed by atoms with Crippen LogP contribution in [0.15, 0.2) is 24.3 Å². The SMILES string of the molecule is CN1CC[NH+](CC[N-]S(=O)(=O)Cc2ccccc2Cl)CC1. The van der Waals surface area contributed by atoms with Crippen LogP contribution in [0.5, 0.6) is 0 Å². The highest BCUT2D eigenvalue weighted by atomic mass is 35.5. The average molecular weight is 332 g/mol. The first kappa shape index (κ1) is 16.7. The topological polar surface area (TPSA) is 55.9 Å². The minimum Gasteiger partial charge on any atom is -0.544 e. The van der Waals surface area contributed by atoms with E-state index in [-0.39, 0.29) is 5.75 Å². The van der Waals surface area contributed by atoms with Gasteiger partial charge >= 0.3 is 0 Å². The van der Waals surface area contributed by atoms with Crippen LogP contribution in [0, 0.1) is 0 Å². The van der Waals surface area contributed by atoms with Crippen LogP contribution in [-0.2, 0) is 15.8 Å². The maximum Gasteiger partial charge on any atom is 0.0900 e. The molecule has 1 aliphatic heterocycles. The molecule has 0 spiro atoms. The number of halogens is 1. The third-order valence-electron chi connectivity index (χ3n) is 3.74. The fourth-order valence-electron chi connectivity index (χ4n) is 2.39. The smallest absolute Gasteiger partial charge is 0.0900 e. The third kappa shape index (κ3) is 5.56. The molecule has 5 nitrogen and oxygen atoms in total. The minimum absolute atomic E-state index is 0.120. The molecule has 1 heterocycles. The number of nitrogens with zero attached hydrogens (tertiary/aromatic N) is 2. The van der Waals surface area contributed by atoms with Crippen LogP contribution >= 0.6 is 11.6 Å². The Morgan fingerprint density at radius 1 is 1.29 bits per heavy atom. The first-order chi connectivity index (χ1) is 9.96. The Kier molecular flexibility index (Phi) is 6.01. The summed E-state index contributed by atoms with van der Waals surface area (Å²) in [6.45, 7) is 5.35. The molecule has 0 unspecified atom stereocenters. The van der Waals surface area contributed by atoms with E-state index in [0.29, 0.717) is 17.1 Å². The Morgan fingerprint density at radius 3 is 2.62 bits per heavy atom. The molecular weight excluding hydrogens is 310 g/mol. The van der Waals surface area contributed by atoms with Crippen molar-refractivity contribution in [1.82, 2.24) is 4.90 Å². The first-order valence-corrected chi connectivity index (χ1v) is 9.12. The second-order valence-corrected chi connectivity index (χ2v) is 7.59. The van der Waals surface area contributed by atoms with E-state index in [2.05, 4.69) is 16.7 Å². The number of quaternary nitrogens is 1. The Hall–Kier alpha value is -0.660. The highest BCUT2D eigenvalue weighted by molar-refractivity contribution is 7.93. The highest BCUT2D eigenvalue weighted by Crippen LogP contribution is 2.19. The van der Waals surface area contributed by atoms with Gasteiger partial charge in [-0.1, -0.05) is 36.3 Å². The van der Waals surface area contributed by atoms with E-state index in [0.717, 1.165) is 32.7 Å². The Morgan fingerprint density at radius 2 is 1.95 bits per heavy atom. The molecule has 1 fully saturated rings. The van der Waals surface area contributed by atoms with Gasteiger partial charge in [0.15, 0.2) is 0 Å². The van der Waals surface area contributed by atoms with Crippen LogP contribution in [0.1, 0.15) is 5.56 Å². The molecule has 1 aliphatic rings. The zero-order valence-corrected chi connectivity index (χ0v) is 13.8. The lowest BCUT2D eigenvalue weighted by molar-refractivity contribution is -0.902. The number of piperazine rings is 1. The molecule has 0 aliphatic carbocycles. The van der Waals surface area contributed by atoms with Gasteiger partial charge in [-0.05, 0) is 18.7 Å². The average Bonchev–Trinajstić information content (AvgIpc) is 2.43.